The van der Waals surface area contributed by atoms with Crippen LogP contribution in [0.25, 0.3) is 33.7 Å². The number of aromatic nitrogens is 4. The summed E-state index contributed by atoms with van der Waals surface area (Å²) in [5.74, 6) is 1.74. The van der Waals surface area contributed by atoms with Crippen molar-refractivity contribution in [3.8, 4) is 22.6 Å². The average Bonchev–Trinajstić information content (AvgIpc) is 2.91. The van der Waals surface area contributed by atoms with Crippen LogP contribution in [0.5, 0.6) is 0 Å². The third-order valence-corrected chi connectivity index (χ3v) is 6.90. The van der Waals surface area contributed by atoms with Crippen LogP contribution in [0.4, 0.5) is 26.1 Å². The number of fused-ring (bicyclic) bond motifs is 1. The predicted molar refractivity (Wildman–Crippen MR) is 145 cm³/mol. The Hall–Kier alpha value is -3.57. The summed E-state index contributed by atoms with van der Waals surface area (Å²) < 4.78 is 36.3. The first-order chi connectivity index (χ1) is 18.0. The molecule has 1 saturated heterocycles. The number of anilines is 3. The van der Waals surface area contributed by atoms with E-state index < -0.39 is 12.5 Å². The van der Waals surface area contributed by atoms with Crippen molar-refractivity contribution in [2.75, 3.05) is 54.1 Å². The van der Waals surface area contributed by atoms with Gasteiger partial charge in [0.25, 0.3) is 0 Å². The summed E-state index contributed by atoms with van der Waals surface area (Å²) in [5, 5.41) is 0. The van der Waals surface area contributed by atoms with Crippen LogP contribution in [0.2, 0.25) is 0 Å². The van der Waals surface area contributed by atoms with Gasteiger partial charge in [-0.1, -0.05) is 18.0 Å². The van der Waals surface area contributed by atoms with Gasteiger partial charge in [-0.15, -0.1) is 0 Å². The van der Waals surface area contributed by atoms with Crippen molar-refractivity contribution >= 4 is 40.3 Å². The molecule has 0 saturated carbocycles. The van der Waals surface area contributed by atoms with Gasteiger partial charge in [-0.3, -0.25) is 4.39 Å². The molecule has 0 atom stereocenters. The lowest BCUT2D eigenvalue weighted by atomic mass is 10.1. The summed E-state index contributed by atoms with van der Waals surface area (Å²) in [6.07, 6.45) is 2.08. The van der Waals surface area contributed by atoms with Crippen molar-refractivity contribution in [1.29, 1.82) is 0 Å². The Labute approximate surface area is 217 Å². The zero-order chi connectivity index (χ0) is 25.8. The van der Waals surface area contributed by atoms with E-state index in [1.165, 1.54) is 11.9 Å². The highest BCUT2D eigenvalue weighted by Crippen LogP contribution is 2.33. The molecule has 1 aliphatic heterocycles. The van der Waals surface area contributed by atoms with E-state index in [2.05, 4.69) is 14.6 Å². The van der Waals surface area contributed by atoms with Crippen LogP contribution < -0.4 is 15.4 Å². The van der Waals surface area contributed by atoms with Crippen LogP contribution in [-0.2, 0) is 4.74 Å². The monoisotopic (exact) mass is 523 g/mol. The Kier molecular flexibility index (Phi) is 7.61. The number of benzene rings is 1. The molecule has 11 heteroatoms. The molecule has 0 radical (unpaired) electrons. The predicted octanol–water partition coefficient (Wildman–Crippen LogP) is 5.04. The number of nitrogens with one attached hydrogen (secondary N) is 1. The van der Waals surface area contributed by atoms with Gasteiger partial charge in [-0.25, -0.2) is 24.3 Å². The van der Waals surface area contributed by atoms with E-state index in [9.17, 15) is 4.39 Å². The van der Waals surface area contributed by atoms with Crippen LogP contribution in [-0.4, -0.2) is 58.7 Å². The Morgan fingerprint density at radius 2 is 1.95 bits per heavy atom. The molecule has 0 spiro atoms. The standard InChI is InChI=1S/C26H27F2N7OS/c1-16-14-22(29)30-15-18(16)25-32-21-7-6-19(31-24(21)26(33-25)35-9-11-36-12-10-35)17-4-2-5-20(23(17)28)34-37-13-3-8-27/h2,4-7,14-15,34H,3,8-13H2,1H3,(H2,29,30). The van der Waals surface area contributed by atoms with E-state index >= 15 is 4.39 Å². The second kappa shape index (κ2) is 11.2. The number of nitrogen functional groups attached to an aromatic ring is 1. The molecule has 1 aromatic carbocycles. The lowest BCUT2D eigenvalue weighted by Gasteiger charge is -2.28. The number of aryl methyl sites for hydroxylation is 1. The normalized spacial score (nSPS) is 13.8. The second-order valence-electron chi connectivity index (χ2n) is 8.62. The van der Waals surface area contributed by atoms with Crippen molar-refractivity contribution in [2.45, 2.75) is 13.3 Å². The van der Waals surface area contributed by atoms with E-state index in [1.807, 2.05) is 13.0 Å². The number of rotatable bonds is 8. The largest absolute Gasteiger partial charge is 0.384 e. The summed E-state index contributed by atoms with van der Waals surface area (Å²) in [5.41, 5.74) is 9.92. The zero-order valence-electron chi connectivity index (χ0n) is 20.4. The van der Waals surface area contributed by atoms with Crippen LogP contribution >= 0.6 is 11.9 Å². The maximum Gasteiger partial charge on any atom is 0.164 e. The fourth-order valence-corrected chi connectivity index (χ4v) is 4.81. The van der Waals surface area contributed by atoms with E-state index in [-0.39, 0.29) is 0 Å². The van der Waals surface area contributed by atoms with Gasteiger partial charge in [-0.05, 0) is 49.2 Å². The van der Waals surface area contributed by atoms with Crippen molar-refractivity contribution in [2.24, 2.45) is 0 Å². The van der Waals surface area contributed by atoms with Crippen molar-refractivity contribution in [1.82, 2.24) is 19.9 Å². The molecule has 0 unspecified atom stereocenters. The summed E-state index contributed by atoms with van der Waals surface area (Å²) in [6, 6.07) is 10.5. The summed E-state index contributed by atoms with van der Waals surface area (Å²) in [7, 11) is 0. The number of hydrogen-bond donors (Lipinski definition) is 2. The first kappa shape index (κ1) is 25.1. The number of hydrogen-bond acceptors (Lipinski definition) is 9. The summed E-state index contributed by atoms with van der Waals surface area (Å²) >= 11 is 1.27. The molecule has 192 valence electrons. The minimum Gasteiger partial charge on any atom is -0.384 e. The number of halogens is 2. The maximum atomic E-state index is 15.4. The second-order valence-corrected chi connectivity index (χ2v) is 9.52. The van der Waals surface area contributed by atoms with Crippen LogP contribution in [0.15, 0.2) is 42.6 Å². The van der Waals surface area contributed by atoms with Gasteiger partial charge < -0.3 is 20.1 Å². The molecule has 37 heavy (non-hydrogen) atoms. The molecule has 5 rings (SSSR count). The molecule has 0 aliphatic carbocycles. The van der Waals surface area contributed by atoms with Crippen molar-refractivity contribution in [3.63, 3.8) is 0 Å². The minimum atomic E-state index is -0.420. The third-order valence-electron chi connectivity index (χ3n) is 6.04. The first-order valence-electron chi connectivity index (χ1n) is 12.0. The number of ether oxygens (including phenoxy) is 1. The van der Waals surface area contributed by atoms with E-state index in [0.29, 0.717) is 83.9 Å². The number of pyridine rings is 2. The molecule has 8 nitrogen and oxygen atoms in total. The number of morpholine rings is 1. The Morgan fingerprint density at radius 1 is 1.11 bits per heavy atom. The molecule has 4 heterocycles. The van der Waals surface area contributed by atoms with Crippen molar-refractivity contribution < 1.29 is 13.5 Å². The quantitative estimate of drug-likeness (QED) is 0.243. The SMILES string of the molecule is Cc1cc(N)ncc1-c1nc(N2CCOCC2)c2nc(-c3cccc(NSCCCF)c3F)ccc2n1. The molecule has 3 aromatic heterocycles. The molecule has 1 aliphatic rings. The smallest absolute Gasteiger partial charge is 0.164 e. The average molecular weight is 524 g/mol. The molecule has 0 amide bonds. The molecule has 1 fully saturated rings. The lowest BCUT2D eigenvalue weighted by molar-refractivity contribution is 0.122. The number of alkyl halides is 1. The highest BCUT2D eigenvalue weighted by Gasteiger charge is 2.21. The van der Waals surface area contributed by atoms with Gasteiger partial charge in [0.2, 0.25) is 0 Å². The van der Waals surface area contributed by atoms with Gasteiger partial charge >= 0.3 is 0 Å². The van der Waals surface area contributed by atoms with Crippen molar-refractivity contribution in [3.05, 3.63) is 54.0 Å². The van der Waals surface area contributed by atoms with E-state index in [0.717, 1.165) is 11.1 Å². The highest BCUT2D eigenvalue weighted by molar-refractivity contribution is 8.00. The molecule has 3 N–H and O–H groups in total. The highest BCUT2D eigenvalue weighted by atomic mass is 32.2. The summed E-state index contributed by atoms with van der Waals surface area (Å²) in [4.78, 5) is 20.8. The molecular weight excluding hydrogens is 496 g/mol. The third kappa shape index (κ3) is 5.42. The van der Waals surface area contributed by atoms with Crippen LogP contribution in [0.3, 0.4) is 0 Å². The van der Waals surface area contributed by atoms with Gasteiger partial charge in [0.05, 0.1) is 36.8 Å². The number of nitrogens with two attached hydrogens (primary N) is 1. The van der Waals surface area contributed by atoms with Gasteiger partial charge in [-0.2, -0.15) is 0 Å². The minimum absolute atomic E-state index is 0.328. The number of nitrogens with zero attached hydrogens (tertiary/aromatic N) is 5. The molecular formula is C26H27F2N7OS. The van der Waals surface area contributed by atoms with Crippen LogP contribution in [0.1, 0.15) is 12.0 Å². The Morgan fingerprint density at radius 3 is 2.73 bits per heavy atom. The molecule has 4 aromatic rings. The fourth-order valence-electron chi connectivity index (χ4n) is 4.14. The maximum absolute atomic E-state index is 15.4. The topological polar surface area (TPSA) is 102 Å². The van der Waals surface area contributed by atoms with E-state index in [1.54, 1.807) is 36.5 Å². The fraction of sp³-hybridized carbons (Fsp3) is 0.308. The van der Waals surface area contributed by atoms with Gasteiger partial charge in [0, 0.05) is 36.2 Å². The first-order valence-corrected chi connectivity index (χ1v) is 13.0. The zero-order valence-corrected chi connectivity index (χ0v) is 21.2. The Bertz CT molecular complexity index is 1420. The van der Waals surface area contributed by atoms with E-state index in [4.69, 9.17) is 25.4 Å². The molecule has 0 bridgehead atoms. The lowest BCUT2D eigenvalue weighted by Crippen LogP contribution is -2.37. The summed E-state index contributed by atoms with van der Waals surface area (Å²) in [6.45, 7) is 4.00. The Balaban J connectivity index is 1.59. The van der Waals surface area contributed by atoms with Gasteiger partial charge in [0.15, 0.2) is 17.5 Å². The van der Waals surface area contributed by atoms with Gasteiger partial charge in [0.1, 0.15) is 11.3 Å². The van der Waals surface area contributed by atoms with Crippen LogP contribution in [0, 0.1) is 12.7 Å².